The summed E-state index contributed by atoms with van der Waals surface area (Å²) < 4.78 is 11.4. The minimum absolute atomic E-state index is 0.192. The van der Waals surface area contributed by atoms with Gasteiger partial charge in [0.25, 0.3) is 5.91 Å². The zero-order valence-corrected chi connectivity index (χ0v) is 17.0. The Bertz CT molecular complexity index is 1390. The molecule has 0 aliphatic heterocycles. The van der Waals surface area contributed by atoms with Crippen molar-refractivity contribution in [2.45, 2.75) is 6.92 Å². The van der Waals surface area contributed by atoms with Crippen LogP contribution in [-0.2, 0) is 0 Å². The fourth-order valence-corrected chi connectivity index (χ4v) is 3.58. The Morgan fingerprint density at radius 1 is 0.968 bits per heavy atom. The van der Waals surface area contributed by atoms with Gasteiger partial charge >= 0.3 is 0 Å². The van der Waals surface area contributed by atoms with E-state index in [0.29, 0.717) is 29.5 Å². The van der Waals surface area contributed by atoms with Crippen LogP contribution in [0.1, 0.15) is 17.3 Å². The third-order valence-corrected chi connectivity index (χ3v) is 5.08. The second kappa shape index (κ2) is 7.95. The highest BCUT2D eigenvalue weighted by atomic mass is 16.5. The van der Waals surface area contributed by atoms with Gasteiger partial charge in [-0.1, -0.05) is 36.4 Å². The number of ether oxygens (including phenoxy) is 1. The molecule has 4 aromatic carbocycles. The molecule has 31 heavy (non-hydrogen) atoms. The number of aromatic nitrogens is 1. The number of carbonyl (C=O) groups excluding carboxylic acids is 1. The molecule has 0 aliphatic rings. The number of amides is 1. The lowest BCUT2D eigenvalue weighted by Gasteiger charge is -2.08. The molecule has 0 radical (unpaired) electrons. The third-order valence-electron chi connectivity index (χ3n) is 5.08. The van der Waals surface area contributed by atoms with Gasteiger partial charge in [0.2, 0.25) is 5.89 Å². The first-order valence-corrected chi connectivity index (χ1v) is 10.1. The molecular weight excluding hydrogens is 388 g/mol. The van der Waals surface area contributed by atoms with E-state index in [1.165, 1.54) is 0 Å². The van der Waals surface area contributed by atoms with Crippen molar-refractivity contribution in [1.29, 1.82) is 0 Å². The number of anilines is 1. The average Bonchev–Trinajstić information content (AvgIpc) is 3.25. The van der Waals surface area contributed by atoms with Crippen molar-refractivity contribution in [2.24, 2.45) is 0 Å². The van der Waals surface area contributed by atoms with Crippen LogP contribution in [0, 0.1) is 0 Å². The molecule has 0 atom stereocenters. The van der Waals surface area contributed by atoms with Crippen LogP contribution >= 0.6 is 0 Å². The van der Waals surface area contributed by atoms with Crippen molar-refractivity contribution < 1.29 is 13.9 Å². The average molecular weight is 408 g/mol. The van der Waals surface area contributed by atoms with Crippen molar-refractivity contribution in [3.63, 3.8) is 0 Å². The van der Waals surface area contributed by atoms with Gasteiger partial charge in [0.05, 0.1) is 6.61 Å². The Labute approximate surface area is 179 Å². The molecule has 5 heteroatoms. The van der Waals surface area contributed by atoms with Gasteiger partial charge in [-0.15, -0.1) is 0 Å². The minimum Gasteiger partial charge on any atom is -0.494 e. The van der Waals surface area contributed by atoms with Gasteiger partial charge in [0, 0.05) is 22.2 Å². The maximum atomic E-state index is 12.6. The molecule has 152 valence electrons. The monoisotopic (exact) mass is 408 g/mol. The van der Waals surface area contributed by atoms with Crippen molar-refractivity contribution in [1.82, 2.24) is 4.98 Å². The first kappa shape index (κ1) is 18.9. The van der Waals surface area contributed by atoms with Gasteiger partial charge in [0.1, 0.15) is 11.3 Å². The second-order valence-corrected chi connectivity index (χ2v) is 7.14. The van der Waals surface area contributed by atoms with Gasteiger partial charge in [-0.05, 0) is 60.8 Å². The van der Waals surface area contributed by atoms with Gasteiger partial charge in [0.15, 0.2) is 5.58 Å². The number of oxazole rings is 1. The Hall–Kier alpha value is -4.12. The summed E-state index contributed by atoms with van der Waals surface area (Å²) in [5, 5.41) is 5.10. The molecule has 0 saturated carbocycles. The van der Waals surface area contributed by atoms with E-state index in [2.05, 4.69) is 11.4 Å². The highest BCUT2D eigenvalue weighted by Crippen LogP contribution is 2.30. The van der Waals surface area contributed by atoms with Crippen molar-refractivity contribution in [3.8, 4) is 17.2 Å². The Morgan fingerprint density at radius 3 is 2.65 bits per heavy atom. The van der Waals surface area contributed by atoms with Crippen molar-refractivity contribution in [3.05, 3.63) is 90.5 Å². The molecule has 5 rings (SSSR count). The van der Waals surface area contributed by atoms with Gasteiger partial charge < -0.3 is 14.5 Å². The quantitative estimate of drug-likeness (QED) is 0.371. The largest absolute Gasteiger partial charge is 0.494 e. The fourth-order valence-electron chi connectivity index (χ4n) is 3.58. The number of nitrogens with one attached hydrogen (secondary N) is 1. The van der Waals surface area contributed by atoms with Crippen LogP contribution in [0.15, 0.2) is 89.3 Å². The Morgan fingerprint density at radius 2 is 1.81 bits per heavy atom. The van der Waals surface area contributed by atoms with E-state index in [0.717, 1.165) is 27.4 Å². The second-order valence-electron chi connectivity index (χ2n) is 7.14. The molecule has 0 fully saturated rings. The molecule has 0 bridgehead atoms. The highest BCUT2D eigenvalue weighted by molar-refractivity contribution is 6.05. The number of hydrogen-bond acceptors (Lipinski definition) is 4. The van der Waals surface area contributed by atoms with E-state index >= 15 is 0 Å². The molecule has 0 spiro atoms. The summed E-state index contributed by atoms with van der Waals surface area (Å²) in [6, 6.07) is 26.7. The van der Waals surface area contributed by atoms with E-state index in [9.17, 15) is 4.79 Å². The number of fused-ring (bicyclic) bond motifs is 3. The first-order chi connectivity index (χ1) is 15.2. The molecule has 0 unspecified atom stereocenters. The molecule has 1 heterocycles. The van der Waals surface area contributed by atoms with E-state index in [-0.39, 0.29) is 5.91 Å². The third kappa shape index (κ3) is 3.73. The summed E-state index contributed by atoms with van der Waals surface area (Å²) in [7, 11) is 0. The molecule has 0 saturated heterocycles. The first-order valence-electron chi connectivity index (χ1n) is 10.1. The van der Waals surface area contributed by atoms with E-state index in [4.69, 9.17) is 14.1 Å². The zero-order valence-electron chi connectivity index (χ0n) is 17.0. The summed E-state index contributed by atoms with van der Waals surface area (Å²) in [5.41, 5.74) is 3.68. The molecule has 1 aromatic heterocycles. The standard InChI is InChI=1S/C26H20N2O3/c1-2-30-21-8-5-7-19(16-21)25(29)27-20-13-10-18(11-14-20)26-28-24-22-9-4-3-6-17(22)12-15-23(24)31-26/h3-16H,2H2,1H3,(H,27,29). The highest BCUT2D eigenvalue weighted by Gasteiger charge is 2.12. The number of nitrogens with zero attached hydrogens (tertiary/aromatic N) is 1. The molecule has 5 nitrogen and oxygen atoms in total. The zero-order chi connectivity index (χ0) is 21.2. The van der Waals surface area contributed by atoms with E-state index in [1.807, 2.05) is 67.6 Å². The van der Waals surface area contributed by atoms with Crippen LogP contribution in [0.3, 0.4) is 0 Å². The maximum Gasteiger partial charge on any atom is 0.255 e. The van der Waals surface area contributed by atoms with Gasteiger partial charge in [-0.3, -0.25) is 4.79 Å². The molecule has 5 aromatic rings. The van der Waals surface area contributed by atoms with E-state index in [1.54, 1.807) is 18.2 Å². The maximum absolute atomic E-state index is 12.6. The molecule has 1 N–H and O–H groups in total. The lowest BCUT2D eigenvalue weighted by atomic mass is 10.1. The predicted molar refractivity (Wildman–Crippen MR) is 123 cm³/mol. The summed E-state index contributed by atoms with van der Waals surface area (Å²) in [6.07, 6.45) is 0. The van der Waals surface area contributed by atoms with Crippen LogP contribution in [0.2, 0.25) is 0 Å². The smallest absolute Gasteiger partial charge is 0.255 e. The SMILES string of the molecule is CCOc1cccc(C(=O)Nc2ccc(-c3nc4c(ccc5ccccc54)o3)cc2)c1. The van der Waals surface area contributed by atoms with Crippen LogP contribution < -0.4 is 10.1 Å². The van der Waals surface area contributed by atoms with Crippen LogP contribution in [0.4, 0.5) is 5.69 Å². The van der Waals surface area contributed by atoms with E-state index < -0.39 is 0 Å². The van der Waals surface area contributed by atoms with Crippen LogP contribution in [0.5, 0.6) is 5.75 Å². The predicted octanol–water partition coefficient (Wildman–Crippen LogP) is 6.30. The number of benzene rings is 4. The number of hydrogen-bond donors (Lipinski definition) is 1. The fraction of sp³-hybridized carbons (Fsp3) is 0.0769. The lowest BCUT2D eigenvalue weighted by molar-refractivity contribution is 0.102. The lowest BCUT2D eigenvalue weighted by Crippen LogP contribution is -2.11. The molecular formula is C26H20N2O3. The van der Waals surface area contributed by atoms with Gasteiger partial charge in [-0.2, -0.15) is 0 Å². The summed E-state index contributed by atoms with van der Waals surface area (Å²) in [5.74, 6) is 1.03. The Balaban J connectivity index is 1.38. The van der Waals surface area contributed by atoms with Crippen LogP contribution in [0.25, 0.3) is 33.3 Å². The topological polar surface area (TPSA) is 64.4 Å². The summed E-state index contributed by atoms with van der Waals surface area (Å²) >= 11 is 0. The Kier molecular flexibility index (Phi) is 4.84. The van der Waals surface area contributed by atoms with Gasteiger partial charge in [-0.25, -0.2) is 4.98 Å². The van der Waals surface area contributed by atoms with Crippen LogP contribution in [-0.4, -0.2) is 17.5 Å². The summed E-state index contributed by atoms with van der Waals surface area (Å²) in [6.45, 7) is 2.46. The molecule has 0 aliphatic carbocycles. The number of carbonyl (C=O) groups is 1. The number of rotatable bonds is 5. The molecule has 1 amide bonds. The minimum atomic E-state index is -0.192. The van der Waals surface area contributed by atoms with Crippen molar-refractivity contribution >= 4 is 33.5 Å². The summed E-state index contributed by atoms with van der Waals surface area (Å²) in [4.78, 5) is 17.3. The normalized spacial score (nSPS) is 11.0. The van der Waals surface area contributed by atoms with Crippen molar-refractivity contribution in [2.75, 3.05) is 11.9 Å².